The summed E-state index contributed by atoms with van der Waals surface area (Å²) < 4.78 is 0. The summed E-state index contributed by atoms with van der Waals surface area (Å²) in [5.74, 6) is 0.0398. The largest absolute Gasteiger partial charge is 0.325 e. The molecule has 0 aromatic heterocycles. The van der Waals surface area contributed by atoms with E-state index < -0.39 is 0 Å². The highest BCUT2D eigenvalue weighted by molar-refractivity contribution is 5.95. The highest BCUT2D eigenvalue weighted by atomic mass is 16.2. The van der Waals surface area contributed by atoms with Crippen molar-refractivity contribution in [3.63, 3.8) is 0 Å². The number of carbonyl (C=O) groups excluding carboxylic acids is 1. The fraction of sp³-hybridized carbons (Fsp3) is 0.278. The maximum Gasteiger partial charge on any atom is 0.229 e. The second-order valence-corrected chi connectivity index (χ2v) is 6.02. The maximum atomic E-state index is 12.1. The molecule has 0 spiro atoms. The second kappa shape index (κ2) is 5.91. The van der Waals surface area contributed by atoms with Crippen molar-refractivity contribution in [3.8, 4) is 0 Å². The van der Waals surface area contributed by atoms with E-state index in [4.69, 9.17) is 0 Å². The summed E-state index contributed by atoms with van der Waals surface area (Å²) in [5.41, 5.74) is 2.89. The van der Waals surface area contributed by atoms with E-state index in [0.717, 1.165) is 17.7 Å². The third-order valence-corrected chi connectivity index (χ3v) is 3.18. The summed E-state index contributed by atoms with van der Waals surface area (Å²) in [6.45, 7) is 5.76. The Hall–Kier alpha value is -2.09. The monoisotopic (exact) mass is 267 g/mol. The standard InChI is InChI=1S/C18H21NO/c1-18(2,3)17(20)19-16-12-8-7-11-15(16)13-14-9-5-4-6-10-14/h4-12H,13H2,1-3H3,(H,19,20). The Bertz CT molecular complexity index is 582. The molecule has 0 aliphatic carbocycles. The van der Waals surface area contributed by atoms with E-state index in [0.29, 0.717) is 0 Å². The summed E-state index contributed by atoms with van der Waals surface area (Å²) in [7, 11) is 0. The average Bonchev–Trinajstić information content (AvgIpc) is 2.41. The van der Waals surface area contributed by atoms with Gasteiger partial charge in [-0.15, -0.1) is 0 Å². The number of hydrogen-bond donors (Lipinski definition) is 1. The minimum Gasteiger partial charge on any atom is -0.325 e. The lowest BCUT2D eigenvalue weighted by Crippen LogP contribution is -2.28. The Kier molecular flexibility index (Phi) is 4.23. The molecule has 2 heteroatoms. The van der Waals surface area contributed by atoms with Gasteiger partial charge in [-0.3, -0.25) is 4.79 Å². The minimum atomic E-state index is -0.389. The normalized spacial score (nSPS) is 11.2. The Morgan fingerprint density at radius 2 is 1.55 bits per heavy atom. The van der Waals surface area contributed by atoms with Crippen molar-refractivity contribution in [2.75, 3.05) is 5.32 Å². The zero-order valence-corrected chi connectivity index (χ0v) is 12.3. The molecule has 2 aromatic carbocycles. The van der Waals surface area contributed by atoms with Crippen LogP contribution < -0.4 is 5.32 Å². The van der Waals surface area contributed by atoms with E-state index in [2.05, 4.69) is 23.5 Å². The van der Waals surface area contributed by atoms with Crippen LogP contribution >= 0.6 is 0 Å². The van der Waals surface area contributed by atoms with E-state index in [1.165, 1.54) is 5.56 Å². The van der Waals surface area contributed by atoms with Crippen LogP contribution in [0.1, 0.15) is 31.9 Å². The quantitative estimate of drug-likeness (QED) is 0.884. The van der Waals surface area contributed by atoms with Gasteiger partial charge >= 0.3 is 0 Å². The highest BCUT2D eigenvalue weighted by Crippen LogP contribution is 2.22. The molecule has 20 heavy (non-hydrogen) atoms. The molecule has 0 bridgehead atoms. The molecule has 0 aliphatic rings. The Morgan fingerprint density at radius 3 is 2.20 bits per heavy atom. The summed E-state index contributed by atoms with van der Waals surface area (Å²) in [4.78, 5) is 12.1. The maximum absolute atomic E-state index is 12.1. The predicted octanol–water partition coefficient (Wildman–Crippen LogP) is 4.26. The SMILES string of the molecule is CC(C)(C)C(=O)Nc1ccccc1Cc1ccccc1. The molecule has 2 rings (SSSR count). The minimum absolute atomic E-state index is 0.0398. The van der Waals surface area contributed by atoms with Gasteiger partial charge < -0.3 is 5.32 Å². The van der Waals surface area contributed by atoms with Crippen molar-refractivity contribution >= 4 is 11.6 Å². The number of hydrogen-bond acceptors (Lipinski definition) is 1. The van der Waals surface area contributed by atoms with Gasteiger partial charge in [-0.2, -0.15) is 0 Å². The van der Waals surface area contributed by atoms with E-state index in [-0.39, 0.29) is 11.3 Å². The molecule has 0 heterocycles. The first-order valence-corrected chi connectivity index (χ1v) is 6.90. The van der Waals surface area contributed by atoms with Gasteiger partial charge in [0.1, 0.15) is 0 Å². The number of benzene rings is 2. The summed E-state index contributed by atoms with van der Waals surface area (Å²) in [6, 6.07) is 18.3. The van der Waals surface area contributed by atoms with Crippen LogP contribution in [0.25, 0.3) is 0 Å². The topological polar surface area (TPSA) is 29.1 Å². The summed E-state index contributed by atoms with van der Waals surface area (Å²) in [5, 5.41) is 3.03. The molecular weight excluding hydrogens is 246 g/mol. The first kappa shape index (κ1) is 14.3. The lowest BCUT2D eigenvalue weighted by atomic mass is 9.95. The van der Waals surface area contributed by atoms with Gasteiger partial charge in [0.25, 0.3) is 0 Å². The fourth-order valence-corrected chi connectivity index (χ4v) is 1.92. The average molecular weight is 267 g/mol. The lowest BCUT2D eigenvalue weighted by Gasteiger charge is -2.19. The number of para-hydroxylation sites is 1. The van der Waals surface area contributed by atoms with Gasteiger partial charge in [-0.1, -0.05) is 69.3 Å². The number of nitrogens with one attached hydrogen (secondary N) is 1. The first-order valence-electron chi connectivity index (χ1n) is 6.90. The number of rotatable bonds is 3. The van der Waals surface area contributed by atoms with Crippen molar-refractivity contribution in [1.29, 1.82) is 0 Å². The highest BCUT2D eigenvalue weighted by Gasteiger charge is 2.21. The molecule has 0 aliphatic heterocycles. The van der Waals surface area contributed by atoms with Crippen molar-refractivity contribution < 1.29 is 4.79 Å². The third-order valence-electron chi connectivity index (χ3n) is 3.18. The molecule has 0 radical (unpaired) electrons. The van der Waals surface area contributed by atoms with Gasteiger partial charge in [0.2, 0.25) is 5.91 Å². The molecule has 1 N–H and O–H groups in total. The lowest BCUT2D eigenvalue weighted by molar-refractivity contribution is -0.123. The van der Waals surface area contributed by atoms with Crippen molar-refractivity contribution in [2.45, 2.75) is 27.2 Å². The van der Waals surface area contributed by atoms with Crippen LogP contribution in [0.5, 0.6) is 0 Å². The zero-order valence-electron chi connectivity index (χ0n) is 12.3. The van der Waals surface area contributed by atoms with Crippen molar-refractivity contribution in [1.82, 2.24) is 0 Å². The van der Waals surface area contributed by atoms with Crippen LogP contribution in [-0.2, 0) is 11.2 Å². The third kappa shape index (κ3) is 3.70. The van der Waals surface area contributed by atoms with Crippen LogP contribution in [-0.4, -0.2) is 5.91 Å². The van der Waals surface area contributed by atoms with Crippen molar-refractivity contribution in [2.24, 2.45) is 5.41 Å². The number of anilines is 1. The van der Waals surface area contributed by atoms with E-state index in [1.54, 1.807) is 0 Å². The Balaban J connectivity index is 2.21. The number of amides is 1. The van der Waals surface area contributed by atoms with Crippen LogP contribution in [0.15, 0.2) is 54.6 Å². The molecule has 2 aromatic rings. The van der Waals surface area contributed by atoms with Gasteiger partial charge in [-0.05, 0) is 23.6 Å². The van der Waals surface area contributed by atoms with Gasteiger partial charge in [0.05, 0.1) is 0 Å². The summed E-state index contributed by atoms with van der Waals surface area (Å²) >= 11 is 0. The molecule has 0 unspecified atom stereocenters. The van der Waals surface area contributed by atoms with Crippen LogP contribution in [0.2, 0.25) is 0 Å². The first-order chi connectivity index (χ1) is 9.47. The number of carbonyl (C=O) groups is 1. The molecule has 0 fully saturated rings. The Labute approximate surface area is 120 Å². The fourth-order valence-electron chi connectivity index (χ4n) is 1.92. The Morgan fingerprint density at radius 1 is 0.950 bits per heavy atom. The molecular formula is C18H21NO. The molecule has 1 amide bonds. The molecule has 0 atom stereocenters. The van der Waals surface area contributed by atoms with E-state index >= 15 is 0 Å². The second-order valence-electron chi connectivity index (χ2n) is 6.02. The van der Waals surface area contributed by atoms with Crippen molar-refractivity contribution in [3.05, 3.63) is 65.7 Å². The van der Waals surface area contributed by atoms with Gasteiger partial charge in [0, 0.05) is 11.1 Å². The molecule has 2 nitrogen and oxygen atoms in total. The molecule has 0 saturated carbocycles. The van der Waals surface area contributed by atoms with Crippen LogP contribution in [0, 0.1) is 5.41 Å². The summed E-state index contributed by atoms with van der Waals surface area (Å²) in [6.07, 6.45) is 0.821. The predicted molar refractivity (Wildman–Crippen MR) is 83.8 cm³/mol. The molecule has 0 saturated heterocycles. The molecule has 104 valence electrons. The van der Waals surface area contributed by atoms with Gasteiger partial charge in [0.15, 0.2) is 0 Å². The smallest absolute Gasteiger partial charge is 0.229 e. The van der Waals surface area contributed by atoms with Crippen LogP contribution in [0.3, 0.4) is 0 Å². The van der Waals surface area contributed by atoms with E-state index in [9.17, 15) is 4.79 Å². The van der Waals surface area contributed by atoms with Crippen LogP contribution in [0.4, 0.5) is 5.69 Å². The van der Waals surface area contributed by atoms with Gasteiger partial charge in [-0.25, -0.2) is 0 Å². The zero-order chi connectivity index (χ0) is 14.6. The van der Waals surface area contributed by atoms with E-state index in [1.807, 2.05) is 57.2 Å².